The lowest BCUT2D eigenvalue weighted by atomic mass is 10.2. The molecule has 3 aromatic rings. The highest BCUT2D eigenvalue weighted by Crippen LogP contribution is 2.34. The van der Waals surface area contributed by atoms with Gasteiger partial charge in [0.2, 0.25) is 0 Å². The standard InChI is InChI=1S/C30H37FN4O9S2/c1-19(2)17-43-27(36)25-26(45-18-33-25)35(16-20-7-9-21(41-6)10-8-20)46(39,40)22-11-12-24(23(31)15-22)34-29(38)42-14-13-32-28(37)44-30(3,4)5/h7-12,15,18-19H,13-14,16-17H2,1-6H3,(H,32,37)(H,34,38). The summed E-state index contributed by atoms with van der Waals surface area (Å²) < 4.78 is 64.6. The summed E-state index contributed by atoms with van der Waals surface area (Å²) in [5.41, 5.74) is 0.614. The number of hydrogen-bond donors (Lipinski definition) is 2. The fraction of sp³-hybridized carbons (Fsp3) is 0.400. The Bertz CT molecular complexity index is 1620. The number of halogens is 1. The molecule has 0 radical (unpaired) electrons. The van der Waals surface area contributed by atoms with Crippen molar-refractivity contribution in [3.63, 3.8) is 0 Å². The molecule has 1 aromatic heterocycles. The van der Waals surface area contributed by atoms with Crippen molar-refractivity contribution in [2.75, 3.05) is 36.5 Å². The van der Waals surface area contributed by atoms with Crippen molar-refractivity contribution in [2.45, 2.75) is 51.7 Å². The van der Waals surface area contributed by atoms with Crippen LogP contribution in [0.25, 0.3) is 0 Å². The number of benzene rings is 2. The molecular formula is C30H37FN4O9S2. The number of thiazole rings is 1. The number of ether oxygens (including phenoxy) is 4. The molecule has 0 bridgehead atoms. The van der Waals surface area contributed by atoms with Gasteiger partial charge in [-0.1, -0.05) is 26.0 Å². The van der Waals surface area contributed by atoms with Gasteiger partial charge in [-0.15, -0.1) is 11.3 Å². The second kappa shape index (κ2) is 15.7. The summed E-state index contributed by atoms with van der Waals surface area (Å²) in [6, 6.07) is 9.53. The number of hydrogen-bond acceptors (Lipinski definition) is 11. The number of aromatic nitrogens is 1. The average Bonchev–Trinajstić information content (AvgIpc) is 3.46. The van der Waals surface area contributed by atoms with E-state index in [4.69, 9.17) is 18.9 Å². The van der Waals surface area contributed by atoms with Crippen molar-refractivity contribution in [1.82, 2.24) is 10.3 Å². The predicted molar refractivity (Wildman–Crippen MR) is 169 cm³/mol. The number of methoxy groups -OCH3 is 1. The minimum absolute atomic E-state index is 0.0178. The summed E-state index contributed by atoms with van der Waals surface area (Å²) in [5, 5.41) is 4.59. The topological polar surface area (TPSA) is 162 Å². The molecule has 0 aliphatic rings. The minimum Gasteiger partial charge on any atom is -0.497 e. The van der Waals surface area contributed by atoms with Crippen LogP contribution in [-0.4, -0.2) is 64.0 Å². The fourth-order valence-corrected chi connectivity index (χ4v) is 6.15. The van der Waals surface area contributed by atoms with Gasteiger partial charge in [0.1, 0.15) is 28.8 Å². The lowest BCUT2D eigenvalue weighted by molar-refractivity contribution is 0.0452. The van der Waals surface area contributed by atoms with Crippen LogP contribution in [0.1, 0.15) is 50.7 Å². The van der Waals surface area contributed by atoms with Crippen LogP contribution >= 0.6 is 11.3 Å². The summed E-state index contributed by atoms with van der Waals surface area (Å²) in [5.74, 6) is -1.27. The van der Waals surface area contributed by atoms with E-state index in [1.54, 1.807) is 45.0 Å². The Hall–Kier alpha value is -4.44. The highest BCUT2D eigenvalue weighted by molar-refractivity contribution is 7.93. The van der Waals surface area contributed by atoms with Gasteiger partial charge in [0.25, 0.3) is 10.0 Å². The lowest BCUT2D eigenvalue weighted by Gasteiger charge is -2.24. The molecule has 46 heavy (non-hydrogen) atoms. The zero-order chi connectivity index (χ0) is 34.1. The first-order valence-electron chi connectivity index (χ1n) is 14.1. The van der Waals surface area contributed by atoms with Gasteiger partial charge in [-0.05, 0) is 62.6 Å². The zero-order valence-electron chi connectivity index (χ0n) is 26.3. The predicted octanol–water partition coefficient (Wildman–Crippen LogP) is 5.57. The van der Waals surface area contributed by atoms with Crippen molar-refractivity contribution in [3.8, 4) is 5.75 Å². The zero-order valence-corrected chi connectivity index (χ0v) is 27.9. The summed E-state index contributed by atoms with van der Waals surface area (Å²) in [6.07, 6.45) is -1.73. The number of carbonyl (C=O) groups excluding carboxylic acids is 3. The van der Waals surface area contributed by atoms with Gasteiger partial charge in [0.05, 0.1) is 42.9 Å². The van der Waals surface area contributed by atoms with Crippen LogP contribution < -0.4 is 19.7 Å². The highest BCUT2D eigenvalue weighted by Gasteiger charge is 2.32. The van der Waals surface area contributed by atoms with Crippen LogP contribution in [0.15, 0.2) is 52.9 Å². The van der Waals surface area contributed by atoms with E-state index in [0.29, 0.717) is 11.3 Å². The largest absolute Gasteiger partial charge is 0.497 e. The Kier molecular flexibility index (Phi) is 12.3. The molecule has 0 saturated heterocycles. The highest BCUT2D eigenvalue weighted by atomic mass is 32.2. The van der Waals surface area contributed by atoms with E-state index < -0.39 is 44.5 Å². The first kappa shape index (κ1) is 36.0. The van der Waals surface area contributed by atoms with Gasteiger partial charge in [0.15, 0.2) is 5.69 Å². The van der Waals surface area contributed by atoms with Crippen LogP contribution in [0, 0.1) is 11.7 Å². The normalized spacial score (nSPS) is 11.5. The molecule has 13 nitrogen and oxygen atoms in total. The van der Waals surface area contributed by atoms with E-state index in [-0.39, 0.29) is 48.6 Å². The van der Waals surface area contributed by atoms with Crippen molar-refractivity contribution >= 4 is 50.2 Å². The van der Waals surface area contributed by atoms with Gasteiger partial charge in [-0.25, -0.2) is 32.2 Å². The number of amides is 2. The molecule has 0 unspecified atom stereocenters. The van der Waals surface area contributed by atoms with Crippen LogP contribution in [-0.2, 0) is 30.8 Å². The molecule has 250 valence electrons. The van der Waals surface area contributed by atoms with Crippen molar-refractivity contribution < 1.29 is 46.1 Å². The Morgan fingerprint density at radius 1 is 1.04 bits per heavy atom. The van der Waals surface area contributed by atoms with E-state index in [1.807, 2.05) is 13.8 Å². The Morgan fingerprint density at radius 2 is 1.74 bits per heavy atom. The van der Waals surface area contributed by atoms with Gasteiger partial charge in [-0.2, -0.15) is 0 Å². The molecule has 2 amide bonds. The van der Waals surface area contributed by atoms with Crippen LogP contribution in [0.4, 0.5) is 24.7 Å². The Balaban J connectivity index is 1.81. The average molecular weight is 681 g/mol. The van der Waals surface area contributed by atoms with Gasteiger partial charge < -0.3 is 24.3 Å². The fourth-order valence-electron chi connectivity index (χ4n) is 3.67. The Morgan fingerprint density at radius 3 is 2.35 bits per heavy atom. The van der Waals surface area contributed by atoms with Crippen LogP contribution in [0.5, 0.6) is 5.75 Å². The SMILES string of the molecule is COc1ccc(CN(c2scnc2C(=O)OCC(C)C)S(=O)(=O)c2ccc(NC(=O)OCCNC(=O)OC(C)(C)C)c(F)c2)cc1. The number of sulfonamides is 1. The molecule has 0 saturated carbocycles. The first-order valence-corrected chi connectivity index (χ1v) is 16.4. The third kappa shape index (κ3) is 10.3. The van der Waals surface area contributed by atoms with Crippen molar-refractivity contribution in [1.29, 1.82) is 0 Å². The number of nitrogens with one attached hydrogen (secondary N) is 2. The molecule has 0 atom stereocenters. The monoisotopic (exact) mass is 680 g/mol. The van der Waals surface area contributed by atoms with Crippen LogP contribution in [0.2, 0.25) is 0 Å². The maximum Gasteiger partial charge on any atom is 0.411 e. The van der Waals surface area contributed by atoms with E-state index in [2.05, 4.69) is 15.6 Å². The summed E-state index contributed by atoms with van der Waals surface area (Å²) in [7, 11) is -3.01. The molecule has 0 aliphatic heterocycles. The third-order valence-corrected chi connectivity index (χ3v) is 8.48. The summed E-state index contributed by atoms with van der Waals surface area (Å²) in [4.78, 5) is 40.4. The molecule has 3 rings (SSSR count). The van der Waals surface area contributed by atoms with E-state index in [1.165, 1.54) is 12.6 Å². The molecule has 16 heteroatoms. The second-order valence-corrected chi connectivity index (χ2v) is 13.9. The van der Waals surface area contributed by atoms with Crippen molar-refractivity contribution in [2.24, 2.45) is 5.92 Å². The minimum atomic E-state index is -4.50. The lowest BCUT2D eigenvalue weighted by Crippen LogP contribution is -2.34. The number of rotatable bonds is 13. The van der Waals surface area contributed by atoms with E-state index in [0.717, 1.165) is 33.8 Å². The Labute approximate surface area is 271 Å². The molecule has 2 aromatic carbocycles. The van der Waals surface area contributed by atoms with Crippen LogP contribution in [0.3, 0.4) is 0 Å². The van der Waals surface area contributed by atoms with Gasteiger partial charge >= 0.3 is 18.2 Å². The molecular weight excluding hydrogens is 643 g/mol. The number of carbonyl (C=O) groups is 3. The maximum absolute atomic E-state index is 15.2. The number of esters is 1. The van der Waals surface area contributed by atoms with Gasteiger partial charge in [0, 0.05) is 0 Å². The molecule has 2 N–H and O–H groups in total. The third-order valence-electron chi connectivity index (χ3n) is 5.77. The summed E-state index contributed by atoms with van der Waals surface area (Å²) in [6.45, 7) is 8.37. The van der Waals surface area contributed by atoms with E-state index >= 15 is 4.39 Å². The number of alkyl carbamates (subject to hydrolysis) is 1. The van der Waals surface area contributed by atoms with E-state index in [9.17, 15) is 22.8 Å². The molecule has 0 fully saturated rings. The van der Waals surface area contributed by atoms with Crippen molar-refractivity contribution in [3.05, 3.63) is 65.0 Å². The smallest absolute Gasteiger partial charge is 0.411 e. The first-order chi connectivity index (χ1) is 21.6. The maximum atomic E-state index is 15.2. The molecule has 0 spiro atoms. The van der Waals surface area contributed by atoms with Gasteiger partial charge in [-0.3, -0.25) is 9.62 Å². The quantitative estimate of drug-likeness (QED) is 0.133. The molecule has 1 heterocycles. The number of anilines is 2. The number of nitrogens with zero attached hydrogens (tertiary/aromatic N) is 2. The second-order valence-electron chi connectivity index (χ2n) is 11.2. The molecule has 0 aliphatic carbocycles. The summed E-state index contributed by atoms with van der Waals surface area (Å²) >= 11 is 0.907.